The van der Waals surface area contributed by atoms with Crippen molar-refractivity contribution in [2.45, 2.75) is 6.43 Å². The van der Waals surface area contributed by atoms with E-state index < -0.39 is 12.4 Å². The fraction of sp³-hybridized carbons (Fsp3) is 0.100. The first-order valence-corrected chi connectivity index (χ1v) is 3.88. The van der Waals surface area contributed by atoms with Crippen LogP contribution in [0.2, 0.25) is 0 Å². The zero-order valence-corrected chi connectivity index (χ0v) is 7.15. The number of halogens is 2. The summed E-state index contributed by atoms with van der Waals surface area (Å²) in [5, 5.41) is 8.31. The van der Waals surface area contributed by atoms with Crippen LogP contribution in [0.25, 0.3) is 6.08 Å². The molecule has 0 aliphatic carbocycles. The molecule has 0 fully saturated rings. The van der Waals surface area contributed by atoms with Crippen LogP contribution in [-0.4, -0.2) is 11.1 Å². The number of rotatable bonds is 3. The summed E-state index contributed by atoms with van der Waals surface area (Å²) in [5.74, 6) is -1.07. The van der Waals surface area contributed by atoms with Crippen molar-refractivity contribution < 1.29 is 18.7 Å². The van der Waals surface area contributed by atoms with E-state index in [1.165, 1.54) is 30.3 Å². The molecule has 0 saturated carbocycles. The van der Waals surface area contributed by atoms with Gasteiger partial charge in [0.2, 0.25) is 0 Å². The van der Waals surface area contributed by atoms with Crippen molar-refractivity contribution in [1.82, 2.24) is 0 Å². The smallest absolute Gasteiger partial charge is 0.328 e. The minimum Gasteiger partial charge on any atom is -0.478 e. The first-order valence-electron chi connectivity index (χ1n) is 3.88. The monoisotopic (exact) mass is 198 g/mol. The maximum absolute atomic E-state index is 12.1. The van der Waals surface area contributed by atoms with Crippen molar-refractivity contribution >= 4 is 12.0 Å². The summed E-state index contributed by atoms with van der Waals surface area (Å²) in [6.45, 7) is 0. The van der Waals surface area contributed by atoms with Crippen molar-refractivity contribution in [3.63, 3.8) is 0 Å². The zero-order valence-electron chi connectivity index (χ0n) is 7.15. The lowest BCUT2D eigenvalue weighted by molar-refractivity contribution is -0.131. The number of carboxylic acids is 1. The predicted molar refractivity (Wildman–Crippen MR) is 48.1 cm³/mol. The number of hydrogen-bond donors (Lipinski definition) is 1. The van der Waals surface area contributed by atoms with Crippen LogP contribution in [0.15, 0.2) is 30.3 Å². The molecule has 0 atom stereocenters. The molecule has 4 heteroatoms. The van der Waals surface area contributed by atoms with Gasteiger partial charge in [-0.1, -0.05) is 24.3 Å². The van der Waals surface area contributed by atoms with Gasteiger partial charge in [-0.3, -0.25) is 0 Å². The van der Waals surface area contributed by atoms with Gasteiger partial charge in [0.05, 0.1) is 0 Å². The lowest BCUT2D eigenvalue weighted by Gasteiger charge is -1.98. The minimum absolute atomic E-state index is 0.0718. The van der Waals surface area contributed by atoms with Crippen LogP contribution >= 0.6 is 0 Å². The van der Waals surface area contributed by atoms with E-state index in [1.807, 2.05) is 0 Å². The van der Waals surface area contributed by atoms with Crippen molar-refractivity contribution in [2.24, 2.45) is 0 Å². The number of alkyl halides is 2. The van der Waals surface area contributed by atoms with Crippen molar-refractivity contribution in [2.75, 3.05) is 0 Å². The van der Waals surface area contributed by atoms with E-state index in [9.17, 15) is 13.6 Å². The minimum atomic E-state index is -2.49. The van der Waals surface area contributed by atoms with Gasteiger partial charge in [-0.25, -0.2) is 13.6 Å². The molecule has 0 aliphatic heterocycles. The van der Waals surface area contributed by atoms with Crippen molar-refractivity contribution in [1.29, 1.82) is 0 Å². The van der Waals surface area contributed by atoms with Gasteiger partial charge in [0.15, 0.2) is 0 Å². The normalized spacial score (nSPS) is 11.1. The number of aliphatic carboxylic acids is 1. The maximum Gasteiger partial charge on any atom is 0.328 e. The van der Waals surface area contributed by atoms with Gasteiger partial charge in [-0.2, -0.15) is 0 Å². The van der Waals surface area contributed by atoms with E-state index in [1.54, 1.807) is 0 Å². The van der Waals surface area contributed by atoms with Crippen LogP contribution < -0.4 is 0 Å². The average Bonchev–Trinajstić information content (AvgIpc) is 2.15. The first-order chi connectivity index (χ1) is 6.59. The molecule has 74 valence electrons. The summed E-state index contributed by atoms with van der Waals surface area (Å²) >= 11 is 0. The molecule has 0 radical (unpaired) electrons. The summed E-state index contributed by atoms with van der Waals surface area (Å²) in [7, 11) is 0. The number of hydrogen-bond acceptors (Lipinski definition) is 1. The van der Waals surface area contributed by atoms with Crippen LogP contribution in [0.5, 0.6) is 0 Å². The number of carbonyl (C=O) groups is 1. The molecular formula is C10H8F2O2. The molecule has 0 unspecified atom stereocenters. The van der Waals surface area contributed by atoms with E-state index in [0.29, 0.717) is 5.56 Å². The van der Waals surface area contributed by atoms with Crippen LogP contribution in [-0.2, 0) is 4.79 Å². The van der Waals surface area contributed by atoms with Crippen LogP contribution in [0.4, 0.5) is 8.78 Å². The zero-order chi connectivity index (χ0) is 10.6. The highest BCUT2D eigenvalue weighted by atomic mass is 19.3. The van der Waals surface area contributed by atoms with E-state index >= 15 is 0 Å². The molecule has 0 aliphatic rings. The van der Waals surface area contributed by atoms with Gasteiger partial charge < -0.3 is 5.11 Å². The van der Waals surface area contributed by atoms with Gasteiger partial charge in [0.25, 0.3) is 6.43 Å². The molecule has 1 aromatic rings. The fourth-order valence-corrected chi connectivity index (χ4v) is 0.920. The van der Waals surface area contributed by atoms with E-state index in [-0.39, 0.29) is 5.56 Å². The largest absolute Gasteiger partial charge is 0.478 e. The summed E-state index contributed by atoms with van der Waals surface area (Å²) in [4.78, 5) is 10.1. The third kappa shape index (κ3) is 2.97. The Morgan fingerprint density at radius 1 is 1.29 bits per heavy atom. The van der Waals surface area contributed by atoms with E-state index in [0.717, 1.165) is 6.08 Å². The molecule has 0 saturated heterocycles. The Labute approximate surface area is 79.5 Å². The first kappa shape index (κ1) is 10.4. The van der Waals surface area contributed by atoms with E-state index in [4.69, 9.17) is 5.11 Å². The summed E-state index contributed by atoms with van der Waals surface area (Å²) in [6, 6.07) is 5.43. The Morgan fingerprint density at radius 2 is 1.86 bits per heavy atom. The molecule has 1 N–H and O–H groups in total. The average molecular weight is 198 g/mol. The topological polar surface area (TPSA) is 37.3 Å². The molecule has 0 heterocycles. The quantitative estimate of drug-likeness (QED) is 0.758. The lowest BCUT2D eigenvalue weighted by Crippen LogP contribution is -1.86. The van der Waals surface area contributed by atoms with Crippen molar-refractivity contribution in [3.8, 4) is 0 Å². The van der Waals surface area contributed by atoms with Crippen molar-refractivity contribution in [3.05, 3.63) is 41.5 Å². The third-order valence-electron chi connectivity index (χ3n) is 1.61. The SMILES string of the molecule is O=C(O)/C=C/c1ccc(C(F)F)cc1. The summed E-state index contributed by atoms with van der Waals surface area (Å²) in [6.07, 6.45) is -0.192. The Balaban J connectivity index is 2.78. The number of carboxylic acid groups (broad SMARTS) is 1. The molecule has 1 rings (SSSR count). The summed E-state index contributed by atoms with van der Waals surface area (Å²) < 4.78 is 24.2. The molecule has 14 heavy (non-hydrogen) atoms. The molecule has 0 bridgehead atoms. The second-order valence-corrected chi connectivity index (χ2v) is 2.64. The van der Waals surface area contributed by atoms with Crippen LogP contribution in [0.1, 0.15) is 17.6 Å². The standard InChI is InChI=1S/C10H8F2O2/c11-10(12)8-4-1-7(2-5-8)3-6-9(13)14/h1-6,10H,(H,13,14)/b6-3+. The Kier molecular flexibility index (Phi) is 3.34. The van der Waals surface area contributed by atoms with Crippen LogP contribution in [0.3, 0.4) is 0 Å². The number of benzene rings is 1. The maximum atomic E-state index is 12.1. The predicted octanol–water partition coefficient (Wildman–Crippen LogP) is 2.72. The summed E-state index contributed by atoms with van der Waals surface area (Å²) in [5.41, 5.74) is 0.509. The van der Waals surface area contributed by atoms with Gasteiger partial charge >= 0.3 is 5.97 Å². The molecule has 0 spiro atoms. The van der Waals surface area contributed by atoms with Gasteiger partial charge in [0.1, 0.15) is 0 Å². The highest BCUT2D eigenvalue weighted by Gasteiger charge is 2.04. The fourth-order valence-electron chi connectivity index (χ4n) is 0.920. The Bertz CT molecular complexity index is 342. The van der Waals surface area contributed by atoms with Gasteiger partial charge in [-0.15, -0.1) is 0 Å². The second kappa shape index (κ2) is 4.50. The van der Waals surface area contributed by atoms with Gasteiger partial charge in [0, 0.05) is 11.6 Å². The van der Waals surface area contributed by atoms with Gasteiger partial charge in [-0.05, 0) is 11.6 Å². The molecule has 0 amide bonds. The lowest BCUT2D eigenvalue weighted by atomic mass is 10.1. The van der Waals surface area contributed by atoms with E-state index in [2.05, 4.69) is 0 Å². The molecular weight excluding hydrogens is 190 g/mol. The second-order valence-electron chi connectivity index (χ2n) is 2.64. The molecule has 2 nitrogen and oxygen atoms in total. The molecule has 1 aromatic carbocycles. The molecule has 0 aromatic heterocycles. The third-order valence-corrected chi connectivity index (χ3v) is 1.61. The highest BCUT2D eigenvalue weighted by molar-refractivity contribution is 5.85. The Hall–Kier alpha value is -1.71. The van der Waals surface area contributed by atoms with Crippen LogP contribution in [0, 0.1) is 0 Å². The Morgan fingerprint density at radius 3 is 2.29 bits per heavy atom. The highest BCUT2D eigenvalue weighted by Crippen LogP contribution is 2.18.